The summed E-state index contributed by atoms with van der Waals surface area (Å²) < 4.78 is 0. The minimum absolute atomic E-state index is 0.847. The van der Waals surface area contributed by atoms with Gasteiger partial charge in [-0.05, 0) is 42.9 Å². The molecule has 0 aromatic rings. The summed E-state index contributed by atoms with van der Waals surface area (Å²) in [7, 11) is 0. The lowest BCUT2D eigenvalue weighted by Crippen LogP contribution is -2.35. The zero-order chi connectivity index (χ0) is 7.19. The van der Waals surface area contributed by atoms with E-state index in [0.717, 1.165) is 17.3 Å². The van der Waals surface area contributed by atoms with Gasteiger partial charge in [-0.2, -0.15) is 0 Å². The largest absolute Gasteiger partial charge is 0.0625 e. The molecule has 0 nitrogen and oxygen atoms in total. The highest BCUT2D eigenvalue weighted by Gasteiger charge is 2.47. The van der Waals surface area contributed by atoms with Crippen LogP contribution in [0.15, 0.2) is 0 Å². The van der Waals surface area contributed by atoms with E-state index in [9.17, 15) is 0 Å². The van der Waals surface area contributed by atoms with E-state index in [-0.39, 0.29) is 0 Å². The van der Waals surface area contributed by atoms with Crippen LogP contribution in [0, 0.1) is 17.3 Å². The van der Waals surface area contributed by atoms with Gasteiger partial charge in [0.05, 0.1) is 0 Å². The van der Waals surface area contributed by atoms with Crippen LogP contribution in [0.5, 0.6) is 0 Å². The molecule has 3 unspecified atom stereocenters. The number of hydrogen-bond acceptors (Lipinski definition) is 0. The maximum atomic E-state index is 2.45. The Morgan fingerprint density at radius 1 is 1.10 bits per heavy atom. The molecule has 2 rings (SSSR count). The van der Waals surface area contributed by atoms with Gasteiger partial charge in [0, 0.05) is 0 Å². The number of hydrogen-bond donors (Lipinski definition) is 0. The molecule has 0 aromatic heterocycles. The quantitative estimate of drug-likeness (QED) is 0.482. The van der Waals surface area contributed by atoms with E-state index in [1.165, 1.54) is 25.7 Å². The minimum Gasteiger partial charge on any atom is -0.0625 e. The van der Waals surface area contributed by atoms with Gasteiger partial charge in [0.15, 0.2) is 0 Å². The van der Waals surface area contributed by atoms with Crippen LogP contribution in [0.1, 0.15) is 46.0 Å². The molecular formula is C10H18. The van der Waals surface area contributed by atoms with Crippen LogP contribution < -0.4 is 0 Å². The molecule has 58 valence electrons. The third kappa shape index (κ3) is 0.741. The maximum absolute atomic E-state index is 2.45. The molecule has 0 aromatic carbocycles. The van der Waals surface area contributed by atoms with Crippen molar-refractivity contribution < 1.29 is 0 Å². The SMILES string of the molecule is CC1CCC2(CCC2C)C1. The summed E-state index contributed by atoms with van der Waals surface area (Å²) in [6.45, 7) is 4.86. The van der Waals surface area contributed by atoms with Gasteiger partial charge >= 0.3 is 0 Å². The van der Waals surface area contributed by atoms with Gasteiger partial charge in [-0.1, -0.05) is 20.3 Å². The Hall–Kier alpha value is 0. The highest BCUT2D eigenvalue weighted by atomic mass is 14.5. The van der Waals surface area contributed by atoms with Gasteiger partial charge < -0.3 is 0 Å². The third-order valence-corrected chi connectivity index (χ3v) is 4.01. The highest BCUT2D eigenvalue weighted by Crippen LogP contribution is 2.58. The van der Waals surface area contributed by atoms with Crippen molar-refractivity contribution in [1.82, 2.24) is 0 Å². The first-order valence-corrected chi connectivity index (χ1v) is 4.73. The second kappa shape index (κ2) is 1.99. The fraction of sp³-hybridized carbons (Fsp3) is 1.00. The van der Waals surface area contributed by atoms with Crippen molar-refractivity contribution in [2.75, 3.05) is 0 Å². The van der Waals surface area contributed by atoms with Crippen LogP contribution in [0.3, 0.4) is 0 Å². The summed E-state index contributed by atoms with van der Waals surface area (Å²) in [5, 5.41) is 0. The fourth-order valence-corrected chi connectivity index (χ4v) is 2.95. The summed E-state index contributed by atoms with van der Waals surface area (Å²) >= 11 is 0. The van der Waals surface area contributed by atoms with Gasteiger partial charge in [0.25, 0.3) is 0 Å². The fourth-order valence-electron chi connectivity index (χ4n) is 2.95. The Morgan fingerprint density at radius 2 is 1.80 bits per heavy atom. The Kier molecular flexibility index (Phi) is 1.33. The topological polar surface area (TPSA) is 0 Å². The van der Waals surface area contributed by atoms with Gasteiger partial charge in [0.2, 0.25) is 0 Å². The average molecular weight is 138 g/mol. The van der Waals surface area contributed by atoms with E-state index in [4.69, 9.17) is 0 Å². The van der Waals surface area contributed by atoms with Crippen molar-refractivity contribution in [2.45, 2.75) is 46.0 Å². The predicted octanol–water partition coefficient (Wildman–Crippen LogP) is 3.22. The summed E-state index contributed by atoms with van der Waals surface area (Å²) in [6, 6.07) is 0. The molecule has 3 atom stereocenters. The molecule has 10 heavy (non-hydrogen) atoms. The molecule has 0 amide bonds. The van der Waals surface area contributed by atoms with Crippen LogP contribution in [0.25, 0.3) is 0 Å². The molecule has 0 radical (unpaired) electrons. The highest BCUT2D eigenvalue weighted by molar-refractivity contribution is 4.98. The zero-order valence-corrected chi connectivity index (χ0v) is 7.19. The summed E-state index contributed by atoms with van der Waals surface area (Å²) in [5.41, 5.74) is 0.847. The molecule has 2 saturated carbocycles. The molecular weight excluding hydrogens is 120 g/mol. The van der Waals surface area contributed by atoms with Crippen LogP contribution in [0.2, 0.25) is 0 Å². The van der Waals surface area contributed by atoms with E-state index in [1.807, 2.05) is 0 Å². The molecule has 1 spiro atoms. The Bertz CT molecular complexity index is 139. The summed E-state index contributed by atoms with van der Waals surface area (Å²) in [6.07, 6.45) is 7.62. The van der Waals surface area contributed by atoms with Gasteiger partial charge in [-0.25, -0.2) is 0 Å². The van der Waals surface area contributed by atoms with Crippen LogP contribution in [-0.4, -0.2) is 0 Å². The van der Waals surface area contributed by atoms with Crippen LogP contribution in [-0.2, 0) is 0 Å². The van der Waals surface area contributed by atoms with E-state index in [1.54, 1.807) is 6.42 Å². The van der Waals surface area contributed by atoms with Crippen molar-refractivity contribution >= 4 is 0 Å². The van der Waals surface area contributed by atoms with Crippen molar-refractivity contribution in [1.29, 1.82) is 0 Å². The normalized spacial score (nSPS) is 53.4. The average Bonchev–Trinajstić information content (AvgIpc) is 2.31. The first kappa shape index (κ1) is 6.69. The summed E-state index contributed by atoms with van der Waals surface area (Å²) in [4.78, 5) is 0. The lowest BCUT2D eigenvalue weighted by Gasteiger charge is -2.46. The summed E-state index contributed by atoms with van der Waals surface area (Å²) in [5.74, 6) is 2.08. The lowest BCUT2D eigenvalue weighted by molar-refractivity contribution is 0.0480. The zero-order valence-electron chi connectivity index (χ0n) is 7.19. The second-order valence-corrected chi connectivity index (χ2v) is 4.65. The molecule has 2 fully saturated rings. The molecule has 2 aliphatic carbocycles. The van der Waals surface area contributed by atoms with Crippen molar-refractivity contribution in [2.24, 2.45) is 17.3 Å². The smallest absolute Gasteiger partial charge is 0.0269 e. The maximum Gasteiger partial charge on any atom is -0.0269 e. The van der Waals surface area contributed by atoms with E-state index in [2.05, 4.69) is 13.8 Å². The first-order chi connectivity index (χ1) is 4.73. The lowest BCUT2D eigenvalue weighted by atomic mass is 9.59. The van der Waals surface area contributed by atoms with Crippen molar-refractivity contribution in [3.05, 3.63) is 0 Å². The van der Waals surface area contributed by atoms with Crippen molar-refractivity contribution in [3.63, 3.8) is 0 Å². The molecule has 0 saturated heterocycles. The Morgan fingerprint density at radius 3 is 2.00 bits per heavy atom. The predicted molar refractivity (Wildman–Crippen MR) is 43.8 cm³/mol. The minimum atomic E-state index is 0.847. The molecule has 0 N–H and O–H groups in total. The van der Waals surface area contributed by atoms with E-state index >= 15 is 0 Å². The monoisotopic (exact) mass is 138 g/mol. The van der Waals surface area contributed by atoms with Gasteiger partial charge in [-0.3, -0.25) is 0 Å². The second-order valence-electron chi connectivity index (χ2n) is 4.65. The molecule has 0 heterocycles. The Balaban J connectivity index is 2.04. The van der Waals surface area contributed by atoms with Crippen molar-refractivity contribution in [3.8, 4) is 0 Å². The third-order valence-electron chi connectivity index (χ3n) is 4.01. The standard InChI is InChI=1S/C10H18/c1-8-3-5-10(7-8)6-4-9(10)2/h8-9H,3-7H2,1-2H3. The van der Waals surface area contributed by atoms with Gasteiger partial charge in [-0.15, -0.1) is 0 Å². The first-order valence-electron chi connectivity index (χ1n) is 4.73. The van der Waals surface area contributed by atoms with Gasteiger partial charge in [0.1, 0.15) is 0 Å². The molecule has 0 heteroatoms. The Labute approximate surface area is 64.0 Å². The molecule has 0 aliphatic heterocycles. The van der Waals surface area contributed by atoms with Crippen LogP contribution >= 0.6 is 0 Å². The van der Waals surface area contributed by atoms with Crippen LogP contribution in [0.4, 0.5) is 0 Å². The molecule has 2 aliphatic rings. The van der Waals surface area contributed by atoms with E-state index in [0.29, 0.717) is 0 Å². The molecule has 0 bridgehead atoms. The number of rotatable bonds is 0. The van der Waals surface area contributed by atoms with E-state index < -0.39 is 0 Å².